The Kier molecular flexibility index (Phi) is 8.18. The van der Waals surface area contributed by atoms with Crippen molar-refractivity contribution in [1.82, 2.24) is 19.9 Å². The molecule has 3 heterocycles. The Morgan fingerprint density at radius 2 is 0.962 bits per heavy atom. The molecule has 0 radical (unpaired) electrons. The van der Waals surface area contributed by atoms with Gasteiger partial charge in [0.15, 0.2) is 0 Å². The van der Waals surface area contributed by atoms with Crippen molar-refractivity contribution in [1.29, 1.82) is 0 Å². The van der Waals surface area contributed by atoms with Crippen molar-refractivity contribution in [3.05, 3.63) is 122 Å². The quantitative estimate of drug-likeness (QED) is 0.165. The van der Waals surface area contributed by atoms with Crippen LogP contribution >= 0.6 is 15.2 Å². The van der Waals surface area contributed by atoms with E-state index in [9.17, 15) is 0 Å². The molecule has 9 rings (SSSR count). The number of fused-ring (bicyclic) bond motifs is 8. The maximum atomic E-state index is 4.84. The van der Waals surface area contributed by atoms with Crippen LogP contribution in [0.15, 0.2) is 122 Å². The molecule has 0 N–H and O–H groups in total. The third-order valence-corrected chi connectivity index (χ3v) is 19.8. The van der Waals surface area contributed by atoms with Crippen LogP contribution in [0.1, 0.15) is 27.7 Å². The number of anilines is 4. The van der Waals surface area contributed by atoms with Gasteiger partial charge in [-0.3, -0.25) is 0 Å². The van der Waals surface area contributed by atoms with Gasteiger partial charge in [0.1, 0.15) is 0 Å². The van der Waals surface area contributed by atoms with Crippen LogP contribution < -0.4 is 31.0 Å². The second kappa shape index (κ2) is 12.8. The van der Waals surface area contributed by atoms with E-state index in [1.807, 2.05) is 12.4 Å². The fourth-order valence-electron chi connectivity index (χ4n) is 8.49. The molecule has 0 bridgehead atoms. The topological polar surface area (TPSA) is 58.0 Å². The van der Waals surface area contributed by atoms with Crippen molar-refractivity contribution in [2.24, 2.45) is 0 Å². The zero-order chi connectivity index (χ0) is 36.6. The summed E-state index contributed by atoms with van der Waals surface area (Å²) >= 11 is 0. The van der Waals surface area contributed by atoms with Gasteiger partial charge in [-0.15, -0.1) is 0 Å². The normalized spacial score (nSPS) is 16.3. The standard InChI is InChI=1S/C45H44N6P2/c1-28(2)52-42-20-32-14-10-8-12-30(32)16-38(42)50(5)40-17-31-13-9-11-15-33(31)21-44(40)53(7,29(3)4)45-23-37-35(25-47-27-49-37)19-41(45)51(6)39-18-34-24-46-26-48-36(34)22-43(39)52/h8-29,53H,1-7H3. The van der Waals surface area contributed by atoms with Crippen LogP contribution in [-0.4, -0.2) is 52.0 Å². The summed E-state index contributed by atoms with van der Waals surface area (Å²) in [6.07, 6.45) is 7.25. The number of hydrogen-bond donors (Lipinski definition) is 0. The van der Waals surface area contributed by atoms with Crippen molar-refractivity contribution in [3.8, 4) is 0 Å². The van der Waals surface area contributed by atoms with Gasteiger partial charge in [-0.05, 0) is 0 Å². The molecule has 1 unspecified atom stereocenters. The number of benzene rings is 6. The van der Waals surface area contributed by atoms with E-state index in [0.29, 0.717) is 11.3 Å². The van der Waals surface area contributed by atoms with Crippen molar-refractivity contribution in [3.63, 3.8) is 0 Å². The number of hydrogen-bond acceptors (Lipinski definition) is 6. The fraction of sp³-hybridized carbons (Fsp3) is 0.200. The molecule has 8 heteroatoms. The van der Waals surface area contributed by atoms with Gasteiger partial charge in [0.05, 0.1) is 0 Å². The molecule has 6 aromatic carbocycles. The number of rotatable bonds is 2. The molecule has 0 amide bonds. The molecule has 0 saturated carbocycles. The molecule has 8 aromatic rings. The first kappa shape index (κ1) is 33.8. The molecule has 0 fully saturated rings. The summed E-state index contributed by atoms with van der Waals surface area (Å²) in [6, 6.07) is 36.9. The third-order valence-electron chi connectivity index (χ3n) is 11.7. The first-order chi connectivity index (χ1) is 25.6. The minimum absolute atomic E-state index is 0.337. The Bertz CT molecular complexity index is 2550. The van der Waals surface area contributed by atoms with Crippen LogP contribution in [0.4, 0.5) is 22.7 Å². The van der Waals surface area contributed by atoms with Crippen molar-refractivity contribution in [2.75, 3.05) is 30.6 Å². The summed E-state index contributed by atoms with van der Waals surface area (Å²) < 4.78 is 0. The van der Waals surface area contributed by atoms with Gasteiger partial charge < -0.3 is 0 Å². The van der Waals surface area contributed by atoms with Crippen LogP contribution in [0.3, 0.4) is 0 Å². The molecule has 1 aliphatic rings. The summed E-state index contributed by atoms with van der Waals surface area (Å²) in [4.78, 5) is 23.6. The maximum absolute atomic E-state index is 4.84. The van der Waals surface area contributed by atoms with E-state index in [4.69, 9.17) is 9.97 Å². The van der Waals surface area contributed by atoms with Gasteiger partial charge in [-0.2, -0.15) is 0 Å². The average Bonchev–Trinajstić information content (AvgIpc) is 3.18. The predicted molar refractivity (Wildman–Crippen MR) is 233 cm³/mol. The molecule has 0 saturated heterocycles. The van der Waals surface area contributed by atoms with E-state index in [2.05, 4.69) is 165 Å². The molecule has 53 heavy (non-hydrogen) atoms. The van der Waals surface area contributed by atoms with E-state index in [-0.39, 0.29) is 0 Å². The Labute approximate surface area is 313 Å². The molecule has 2 aromatic heterocycles. The SMILES string of the molecule is CC(C)P1c2cc3ccccc3cc2N(C)c2cc3ccccc3cc2[PH](C)(C(C)C)c2cc3ncncc3cc2N(C)c2cc3cncnc3cc21. The molecular weight excluding hydrogens is 686 g/mol. The summed E-state index contributed by atoms with van der Waals surface area (Å²) in [5.41, 5.74) is 7.55. The van der Waals surface area contributed by atoms with Crippen LogP contribution in [0, 0.1) is 0 Å². The summed E-state index contributed by atoms with van der Waals surface area (Å²) in [7, 11) is 1.06. The Morgan fingerprint density at radius 1 is 0.528 bits per heavy atom. The van der Waals surface area contributed by atoms with Gasteiger partial charge in [-0.25, -0.2) is 0 Å². The van der Waals surface area contributed by atoms with E-state index < -0.39 is 15.2 Å². The van der Waals surface area contributed by atoms with Gasteiger partial charge in [0.25, 0.3) is 0 Å². The van der Waals surface area contributed by atoms with E-state index in [1.54, 1.807) is 12.7 Å². The van der Waals surface area contributed by atoms with E-state index in [1.165, 1.54) is 65.5 Å². The zero-order valence-corrected chi connectivity index (χ0v) is 33.2. The van der Waals surface area contributed by atoms with Crippen LogP contribution in [-0.2, 0) is 0 Å². The first-order valence-corrected chi connectivity index (χ1v) is 22.4. The van der Waals surface area contributed by atoms with E-state index >= 15 is 0 Å². The molecule has 1 atom stereocenters. The number of aromatic nitrogens is 4. The van der Waals surface area contributed by atoms with E-state index in [0.717, 1.165) is 21.8 Å². The van der Waals surface area contributed by atoms with Crippen LogP contribution in [0.2, 0.25) is 0 Å². The van der Waals surface area contributed by atoms with Crippen molar-refractivity contribution < 1.29 is 0 Å². The Hall–Kier alpha value is -5.02. The second-order valence-corrected chi connectivity index (χ2v) is 22.6. The molecule has 0 aliphatic carbocycles. The molecule has 0 spiro atoms. The van der Waals surface area contributed by atoms with Crippen molar-refractivity contribution >= 4 is 103 Å². The molecule has 264 valence electrons. The summed E-state index contributed by atoms with van der Waals surface area (Å²) in [5.74, 6) is 0. The molecule has 6 nitrogen and oxygen atoms in total. The fourth-order valence-corrected chi connectivity index (χ4v) is 15.3. The average molecular weight is 731 g/mol. The number of nitrogens with zero attached hydrogens (tertiary/aromatic N) is 6. The predicted octanol–water partition coefficient (Wildman–Crippen LogP) is 9.31. The van der Waals surface area contributed by atoms with Gasteiger partial charge in [0, 0.05) is 0 Å². The van der Waals surface area contributed by atoms with Crippen LogP contribution in [0.5, 0.6) is 0 Å². The van der Waals surface area contributed by atoms with Gasteiger partial charge in [-0.1, -0.05) is 0 Å². The third kappa shape index (κ3) is 5.38. The zero-order valence-electron chi connectivity index (χ0n) is 31.3. The van der Waals surface area contributed by atoms with Crippen molar-refractivity contribution in [2.45, 2.75) is 39.0 Å². The first-order valence-electron chi connectivity index (χ1n) is 18.4. The second-order valence-electron chi connectivity index (χ2n) is 15.2. The van der Waals surface area contributed by atoms with Crippen LogP contribution in [0.25, 0.3) is 43.4 Å². The Morgan fingerprint density at radius 3 is 1.51 bits per heavy atom. The Balaban J connectivity index is 1.50. The van der Waals surface area contributed by atoms with Gasteiger partial charge in [0.2, 0.25) is 0 Å². The summed E-state index contributed by atoms with van der Waals surface area (Å²) in [6.45, 7) is 12.2. The molecular formula is C45H44N6P2. The monoisotopic (exact) mass is 730 g/mol. The minimum atomic E-state index is -2.60. The molecule has 1 aliphatic heterocycles. The summed E-state index contributed by atoms with van der Waals surface area (Å²) in [5, 5.41) is 12.6. The van der Waals surface area contributed by atoms with Gasteiger partial charge >= 0.3 is 314 Å².